The molecule has 0 fully saturated rings. The van der Waals surface area contributed by atoms with Crippen molar-refractivity contribution in [1.29, 1.82) is 0 Å². The van der Waals surface area contributed by atoms with E-state index in [-0.39, 0.29) is 45.1 Å². The van der Waals surface area contributed by atoms with E-state index in [0.717, 1.165) is 0 Å². The second-order valence-electron chi connectivity index (χ2n) is 12.3. The lowest BCUT2D eigenvalue weighted by atomic mass is 9.83. The van der Waals surface area contributed by atoms with Crippen LogP contribution in [0.25, 0.3) is 0 Å². The summed E-state index contributed by atoms with van der Waals surface area (Å²) in [6.07, 6.45) is 0. The maximum Gasteiger partial charge on any atom is 0.271 e. The molecule has 256 valence electrons. The number of fused-ring (bicyclic) bond motifs is 10. The van der Waals surface area contributed by atoms with Crippen molar-refractivity contribution in [3.05, 3.63) is 106 Å². The molecule has 50 heavy (non-hydrogen) atoms. The number of nitrogens with one attached hydrogen (secondary N) is 2. The molecule has 0 spiro atoms. The van der Waals surface area contributed by atoms with Gasteiger partial charge in [-0.25, -0.2) is 0 Å². The summed E-state index contributed by atoms with van der Waals surface area (Å²) in [6.45, 7) is 2.55. The van der Waals surface area contributed by atoms with Gasteiger partial charge < -0.3 is 51.3 Å². The second-order valence-corrected chi connectivity index (χ2v) is 12.3. The largest absolute Gasteiger partial charge is 0.497 e. The first-order chi connectivity index (χ1) is 23.7. The molecule has 0 saturated carbocycles. The fourth-order valence-corrected chi connectivity index (χ4v) is 7.48. The van der Waals surface area contributed by atoms with Crippen molar-refractivity contribution >= 4 is 34.8 Å². The minimum atomic E-state index is -2.09. The molecule has 0 aromatic heterocycles. The molecule has 8 N–H and O–H groups in total. The molecule has 2 unspecified atom stereocenters. The number of Topliss-reactive ketones (excluding diaryl/α,β-unsaturated/α-hetero) is 2. The molecule has 4 aliphatic rings. The van der Waals surface area contributed by atoms with Crippen molar-refractivity contribution < 1.29 is 48.3 Å². The molecule has 2 heterocycles. The maximum absolute atomic E-state index is 13.3. The monoisotopic (exact) mass is 680 g/mol. The van der Waals surface area contributed by atoms with Gasteiger partial charge in [0.1, 0.15) is 23.0 Å². The zero-order chi connectivity index (χ0) is 36.0. The Morgan fingerprint density at radius 2 is 1.02 bits per heavy atom. The van der Waals surface area contributed by atoms with Gasteiger partial charge in [-0.3, -0.25) is 19.2 Å². The number of benzene rings is 4. The number of hydrogen-bond donors (Lipinski definition) is 6. The molecule has 0 saturated heterocycles. The van der Waals surface area contributed by atoms with Crippen LogP contribution in [0, 0.1) is 0 Å². The number of aliphatic hydroxyl groups is 2. The molecule has 0 bridgehead atoms. The Morgan fingerprint density at radius 1 is 0.640 bits per heavy atom. The third-order valence-corrected chi connectivity index (χ3v) is 9.50. The van der Waals surface area contributed by atoms with Gasteiger partial charge >= 0.3 is 0 Å². The highest BCUT2D eigenvalue weighted by Crippen LogP contribution is 2.60. The van der Waals surface area contributed by atoms with E-state index < -0.39 is 46.0 Å². The summed E-state index contributed by atoms with van der Waals surface area (Å²) in [4.78, 5) is 50.4. The number of rotatable bonds is 4. The summed E-state index contributed by atoms with van der Waals surface area (Å²) in [7, 11) is 2.99. The standard InChI is InChI=1S/2C18H16N2O5/c2*1-9(21)20-17-11-7-6-10(24-2)8-14(11)25-18(17,23)12-4-3-5-13(19)15(12)16(17)22/h2*3-8,23H,19H2,1-2H3,(H,20,21)/t17-,18-;/m0./s1. The van der Waals surface area contributed by atoms with E-state index in [1.54, 1.807) is 72.8 Å². The normalized spacial score (nSPS) is 25.6. The lowest BCUT2D eigenvalue weighted by Crippen LogP contribution is -2.59. The molecule has 4 atom stereocenters. The van der Waals surface area contributed by atoms with Crippen LogP contribution in [0.3, 0.4) is 0 Å². The van der Waals surface area contributed by atoms with Crippen LogP contribution in [0.1, 0.15) is 56.8 Å². The van der Waals surface area contributed by atoms with Crippen LogP contribution >= 0.6 is 0 Å². The predicted molar refractivity (Wildman–Crippen MR) is 176 cm³/mol. The Labute approximate surface area is 284 Å². The van der Waals surface area contributed by atoms with Gasteiger partial charge in [0.2, 0.25) is 34.5 Å². The average molecular weight is 681 g/mol. The summed E-state index contributed by atoms with van der Waals surface area (Å²) in [5.74, 6) is -4.64. The summed E-state index contributed by atoms with van der Waals surface area (Å²) in [6, 6.07) is 19.1. The summed E-state index contributed by atoms with van der Waals surface area (Å²) in [5.41, 5.74) is 10.2. The third kappa shape index (κ3) is 3.90. The topological polar surface area (TPSA) is 222 Å². The molecule has 8 rings (SSSR count). The summed E-state index contributed by atoms with van der Waals surface area (Å²) >= 11 is 0. The SMILES string of the molecule is COc1ccc2c(c1)OC1(O)c3cccc(N)c3C(=O)C21NC(C)=O.COc1ccc2c(c1)O[C@@]1(O)c3cccc(N)c3C(=O)[C@@]21NC(C)=O. The number of nitrogens with two attached hydrogens (primary N) is 2. The highest BCUT2D eigenvalue weighted by molar-refractivity contribution is 6.16. The lowest BCUT2D eigenvalue weighted by molar-refractivity contribution is -0.175. The Kier molecular flexibility index (Phi) is 6.93. The highest BCUT2D eigenvalue weighted by atomic mass is 16.6. The lowest BCUT2D eigenvalue weighted by Gasteiger charge is -2.34. The Morgan fingerprint density at radius 3 is 1.36 bits per heavy atom. The molecule has 14 nitrogen and oxygen atoms in total. The average Bonchev–Trinajstić information content (AvgIpc) is 3.61. The summed E-state index contributed by atoms with van der Waals surface area (Å²) < 4.78 is 21.9. The Hall–Kier alpha value is -6.12. The van der Waals surface area contributed by atoms with Crippen molar-refractivity contribution in [2.75, 3.05) is 25.7 Å². The van der Waals surface area contributed by atoms with Crippen molar-refractivity contribution in [3.8, 4) is 23.0 Å². The summed E-state index contributed by atoms with van der Waals surface area (Å²) in [5, 5.41) is 28.0. The van der Waals surface area contributed by atoms with Gasteiger partial charge in [-0.1, -0.05) is 24.3 Å². The molecular weight excluding hydrogens is 648 g/mol. The minimum Gasteiger partial charge on any atom is -0.497 e. The first-order valence-electron chi connectivity index (χ1n) is 15.3. The number of hydrogen-bond acceptors (Lipinski definition) is 12. The predicted octanol–water partition coefficient (Wildman–Crippen LogP) is 2.09. The molecule has 2 amide bonds. The number of methoxy groups -OCH3 is 2. The number of carbonyl (C=O) groups is 4. The first kappa shape index (κ1) is 32.4. The van der Waals surface area contributed by atoms with E-state index in [2.05, 4.69) is 10.6 Å². The van der Waals surface area contributed by atoms with E-state index in [9.17, 15) is 29.4 Å². The van der Waals surface area contributed by atoms with Crippen molar-refractivity contribution in [3.63, 3.8) is 0 Å². The quantitative estimate of drug-likeness (QED) is 0.171. The van der Waals surface area contributed by atoms with Gasteiger partial charge in [-0.15, -0.1) is 0 Å². The van der Waals surface area contributed by atoms with Gasteiger partial charge in [0.25, 0.3) is 11.6 Å². The number of amides is 2. The fraction of sp³-hybridized carbons (Fsp3) is 0.222. The zero-order valence-electron chi connectivity index (χ0n) is 27.2. The van der Waals surface area contributed by atoms with E-state index in [4.69, 9.17) is 30.4 Å². The van der Waals surface area contributed by atoms with Crippen LogP contribution < -0.4 is 41.0 Å². The van der Waals surface area contributed by atoms with Crippen LogP contribution in [0.2, 0.25) is 0 Å². The number of ether oxygens (including phenoxy) is 4. The highest BCUT2D eigenvalue weighted by Gasteiger charge is 2.73. The smallest absolute Gasteiger partial charge is 0.271 e. The number of nitrogen functional groups attached to an aromatic ring is 2. The van der Waals surface area contributed by atoms with Crippen molar-refractivity contribution in [1.82, 2.24) is 10.6 Å². The minimum absolute atomic E-state index is 0.153. The molecular formula is C36H32N4O10. The third-order valence-electron chi connectivity index (χ3n) is 9.50. The van der Waals surface area contributed by atoms with E-state index >= 15 is 0 Å². The van der Waals surface area contributed by atoms with Crippen molar-refractivity contribution in [2.24, 2.45) is 0 Å². The van der Waals surface area contributed by atoms with Crippen LogP contribution in [-0.2, 0) is 32.2 Å². The number of ketones is 2. The van der Waals surface area contributed by atoms with Crippen molar-refractivity contribution in [2.45, 2.75) is 36.5 Å². The van der Waals surface area contributed by atoms with Crippen LogP contribution in [0.4, 0.5) is 11.4 Å². The van der Waals surface area contributed by atoms with Crippen LogP contribution in [0.5, 0.6) is 23.0 Å². The maximum atomic E-state index is 13.3. The van der Waals surface area contributed by atoms with Gasteiger partial charge in [-0.2, -0.15) is 0 Å². The van der Waals surface area contributed by atoms with Gasteiger partial charge in [0, 0.05) is 59.6 Å². The molecule has 2 aliphatic heterocycles. The fourth-order valence-electron chi connectivity index (χ4n) is 7.48. The number of carbonyl (C=O) groups excluding carboxylic acids is 4. The molecule has 0 radical (unpaired) electrons. The van der Waals surface area contributed by atoms with Gasteiger partial charge in [0.05, 0.1) is 25.3 Å². The molecule has 2 aliphatic carbocycles. The van der Waals surface area contributed by atoms with E-state index in [1.807, 2.05) is 0 Å². The first-order valence-corrected chi connectivity index (χ1v) is 15.3. The zero-order valence-corrected chi connectivity index (χ0v) is 27.2. The Bertz CT molecular complexity index is 2040. The van der Waals surface area contributed by atoms with Gasteiger partial charge in [0.15, 0.2) is 0 Å². The number of anilines is 2. The van der Waals surface area contributed by atoms with Gasteiger partial charge in [-0.05, 0) is 36.4 Å². The molecule has 4 aromatic carbocycles. The van der Waals surface area contributed by atoms with Crippen LogP contribution in [0.15, 0.2) is 72.8 Å². The molecule has 14 heteroatoms. The Balaban J connectivity index is 0.000000157. The second kappa shape index (κ2) is 10.7. The molecule has 4 aromatic rings. The van der Waals surface area contributed by atoms with E-state index in [1.165, 1.54) is 28.1 Å². The van der Waals surface area contributed by atoms with Crippen LogP contribution in [-0.4, -0.2) is 47.8 Å². The van der Waals surface area contributed by atoms with E-state index in [0.29, 0.717) is 22.6 Å².